The SMILES string of the molecule is CCCCN1c2cccnc2-n2cccc2[C@]12CCN(C(=O)CC(C)C)C2. The van der Waals surface area contributed by atoms with E-state index < -0.39 is 0 Å². The fourth-order valence-electron chi connectivity index (χ4n) is 4.66. The molecule has 0 aliphatic carbocycles. The zero-order chi connectivity index (χ0) is 19.0. The number of fused-ring (bicyclic) bond motifs is 4. The van der Waals surface area contributed by atoms with E-state index in [-0.39, 0.29) is 11.4 Å². The number of carbonyl (C=O) groups is 1. The maximum absolute atomic E-state index is 12.8. The van der Waals surface area contributed by atoms with Crippen LogP contribution in [0, 0.1) is 5.92 Å². The minimum atomic E-state index is -0.151. The van der Waals surface area contributed by atoms with E-state index in [2.05, 4.69) is 64.5 Å². The summed E-state index contributed by atoms with van der Waals surface area (Å²) >= 11 is 0. The van der Waals surface area contributed by atoms with Crippen molar-refractivity contribution in [2.45, 2.75) is 52.0 Å². The second-order valence-electron chi connectivity index (χ2n) is 8.31. The van der Waals surface area contributed by atoms with Crippen LogP contribution in [0.5, 0.6) is 0 Å². The van der Waals surface area contributed by atoms with E-state index in [0.29, 0.717) is 12.3 Å². The first-order valence-electron chi connectivity index (χ1n) is 10.3. The van der Waals surface area contributed by atoms with E-state index >= 15 is 0 Å². The number of rotatable bonds is 5. The minimum Gasteiger partial charge on any atom is -0.355 e. The first-order chi connectivity index (χ1) is 13.1. The van der Waals surface area contributed by atoms with Crippen LogP contribution in [0.25, 0.3) is 5.82 Å². The lowest BCUT2D eigenvalue weighted by molar-refractivity contribution is -0.131. The van der Waals surface area contributed by atoms with Crippen molar-refractivity contribution >= 4 is 11.6 Å². The summed E-state index contributed by atoms with van der Waals surface area (Å²) in [6.07, 6.45) is 7.86. The Morgan fingerprint density at radius 3 is 2.93 bits per heavy atom. The van der Waals surface area contributed by atoms with Crippen LogP contribution in [0.3, 0.4) is 0 Å². The number of anilines is 1. The van der Waals surface area contributed by atoms with Gasteiger partial charge in [-0.05, 0) is 43.0 Å². The second-order valence-corrected chi connectivity index (χ2v) is 8.31. The van der Waals surface area contributed by atoms with Gasteiger partial charge in [0.25, 0.3) is 0 Å². The first-order valence-corrected chi connectivity index (χ1v) is 10.3. The van der Waals surface area contributed by atoms with Crippen LogP contribution in [0.1, 0.15) is 52.1 Å². The lowest BCUT2D eigenvalue weighted by Gasteiger charge is -2.47. The van der Waals surface area contributed by atoms with Crippen LogP contribution in [0.4, 0.5) is 5.69 Å². The van der Waals surface area contributed by atoms with Gasteiger partial charge in [-0.25, -0.2) is 4.98 Å². The van der Waals surface area contributed by atoms with E-state index in [1.54, 1.807) is 0 Å². The van der Waals surface area contributed by atoms with E-state index in [1.807, 2.05) is 12.3 Å². The first kappa shape index (κ1) is 18.1. The van der Waals surface area contributed by atoms with Gasteiger partial charge in [0.1, 0.15) is 5.54 Å². The molecule has 5 heteroatoms. The molecule has 0 unspecified atom stereocenters. The molecule has 1 atom stereocenters. The van der Waals surface area contributed by atoms with Crippen LogP contribution >= 0.6 is 0 Å². The van der Waals surface area contributed by atoms with E-state index in [0.717, 1.165) is 44.7 Å². The van der Waals surface area contributed by atoms with Gasteiger partial charge < -0.3 is 14.4 Å². The van der Waals surface area contributed by atoms with Crippen molar-refractivity contribution in [3.05, 3.63) is 42.4 Å². The standard InChI is InChI=1S/C22H30N4O/c1-4-5-13-26-18-8-6-11-23-21(18)25-12-7-9-19(25)22(26)10-14-24(16-22)20(27)15-17(2)3/h6-9,11-12,17H,4-5,10,13-16H2,1-3H3/t22-/m1/s1. The number of likely N-dealkylation sites (tertiary alicyclic amines) is 1. The molecule has 4 heterocycles. The molecule has 2 aromatic rings. The second kappa shape index (κ2) is 7.02. The van der Waals surface area contributed by atoms with Crippen LogP contribution in [0.15, 0.2) is 36.7 Å². The Bertz CT molecular complexity index is 827. The van der Waals surface area contributed by atoms with Gasteiger partial charge in [0.15, 0.2) is 5.82 Å². The molecule has 0 N–H and O–H groups in total. The zero-order valence-corrected chi connectivity index (χ0v) is 16.7. The predicted octanol–water partition coefficient (Wildman–Crippen LogP) is 3.97. The van der Waals surface area contributed by atoms with Crippen LogP contribution in [-0.4, -0.2) is 40.0 Å². The largest absolute Gasteiger partial charge is 0.355 e. The molecule has 0 aromatic carbocycles. The molecule has 1 saturated heterocycles. The summed E-state index contributed by atoms with van der Waals surface area (Å²) in [5.74, 6) is 1.68. The number of carbonyl (C=O) groups excluding carboxylic acids is 1. The Balaban J connectivity index is 1.76. The van der Waals surface area contributed by atoms with Gasteiger partial charge in [0, 0.05) is 38.4 Å². The molecular weight excluding hydrogens is 336 g/mol. The lowest BCUT2D eigenvalue weighted by atomic mass is 9.88. The van der Waals surface area contributed by atoms with Gasteiger partial charge in [-0.1, -0.05) is 27.2 Å². The molecule has 144 valence electrons. The maximum Gasteiger partial charge on any atom is 0.222 e. The molecule has 4 rings (SSSR count). The third-order valence-corrected chi connectivity index (χ3v) is 5.95. The molecule has 2 aromatic heterocycles. The molecule has 2 aliphatic heterocycles. The highest BCUT2D eigenvalue weighted by Crippen LogP contribution is 2.47. The minimum absolute atomic E-state index is 0.151. The van der Waals surface area contributed by atoms with Gasteiger partial charge in [0.05, 0.1) is 11.4 Å². The van der Waals surface area contributed by atoms with Crippen molar-refractivity contribution in [2.24, 2.45) is 5.92 Å². The third-order valence-electron chi connectivity index (χ3n) is 5.95. The number of aromatic nitrogens is 2. The Hall–Kier alpha value is -2.30. The van der Waals surface area contributed by atoms with Crippen molar-refractivity contribution in [2.75, 3.05) is 24.5 Å². The van der Waals surface area contributed by atoms with Crippen molar-refractivity contribution in [3.63, 3.8) is 0 Å². The summed E-state index contributed by atoms with van der Waals surface area (Å²) in [6.45, 7) is 9.05. The predicted molar refractivity (Wildman–Crippen MR) is 108 cm³/mol. The molecule has 0 radical (unpaired) electrons. The monoisotopic (exact) mass is 366 g/mol. The fraction of sp³-hybridized carbons (Fsp3) is 0.545. The van der Waals surface area contributed by atoms with Crippen molar-refractivity contribution in [1.82, 2.24) is 14.5 Å². The van der Waals surface area contributed by atoms with Gasteiger partial charge in [-0.2, -0.15) is 0 Å². The smallest absolute Gasteiger partial charge is 0.222 e. The van der Waals surface area contributed by atoms with E-state index in [1.165, 1.54) is 11.4 Å². The summed E-state index contributed by atoms with van der Waals surface area (Å²) in [4.78, 5) is 22.1. The van der Waals surface area contributed by atoms with Gasteiger partial charge in [-0.15, -0.1) is 0 Å². The van der Waals surface area contributed by atoms with Crippen LogP contribution in [-0.2, 0) is 10.3 Å². The molecule has 0 saturated carbocycles. The number of pyridine rings is 1. The number of hydrogen-bond donors (Lipinski definition) is 0. The molecule has 1 fully saturated rings. The fourth-order valence-corrected chi connectivity index (χ4v) is 4.66. The Labute approximate surface area is 162 Å². The zero-order valence-electron chi connectivity index (χ0n) is 16.7. The molecule has 1 amide bonds. The van der Waals surface area contributed by atoms with Crippen LogP contribution in [0.2, 0.25) is 0 Å². The number of nitrogens with zero attached hydrogens (tertiary/aromatic N) is 4. The molecule has 0 bridgehead atoms. The van der Waals surface area contributed by atoms with Gasteiger partial charge >= 0.3 is 0 Å². The number of unbranched alkanes of at least 4 members (excludes halogenated alkanes) is 1. The average molecular weight is 367 g/mol. The summed E-state index contributed by atoms with van der Waals surface area (Å²) < 4.78 is 2.23. The van der Waals surface area contributed by atoms with Gasteiger partial charge in [-0.3, -0.25) is 4.79 Å². The summed E-state index contributed by atoms with van der Waals surface area (Å²) in [7, 11) is 0. The molecule has 1 spiro atoms. The molecule has 2 aliphatic rings. The normalized spacial score (nSPS) is 21.0. The van der Waals surface area contributed by atoms with Crippen LogP contribution < -0.4 is 4.90 Å². The molecule has 27 heavy (non-hydrogen) atoms. The quantitative estimate of drug-likeness (QED) is 0.804. The maximum atomic E-state index is 12.8. The van der Waals surface area contributed by atoms with Crippen molar-refractivity contribution in [3.8, 4) is 5.82 Å². The summed E-state index contributed by atoms with van der Waals surface area (Å²) in [6, 6.07) is 8.53. The lowest BCUT2D eigenvalue weighted by Crippen LogP contribution is -2.53. The van der Waals surface area contributed by atoms with Crippen molar-refractivity contribution in [1.29, 1.82) is 0 Å². The number of hydrogen-bond acceptors (Lipinski definition) is 3. The third kappa shape index (κ3) is 2.93. The Kier molecular flexibility index (Phi) is 4.70. The van der Waals surface area contributed by atoms with E-state index in [9.17, 15) is 4.79 Å². The highest BCUT2D eigenvalue weighted by Gasteiger charge is 2.50. The Morgan fingerprint density at radius 2 is 2.15 bits per heavy atom. The Morgan fingerprint density at radius 1 is 1.30 bits per heavy atom. The summed E-state index contributed by atoms with van der Waals surface area (Å²) in [5.41, 5.74) is 2.30. The highest BCUT2D eigenvalue weighted by atomic mass is 16.2. The molecule has 5 nitrogen and oxygen atoms in total. The average Bonchev–Trinajstić information content (AvgIpc) is 3.30. The number of amides is 1. The van der Waals surface area contributed by atoms with Crippen molar-refractivity contribution < 1.29 is 4.79 Å². The summed E-state index contributed by atoms with van der Waals surface area (Å²) in [5, 5.41) is 0. The van der Waals surface area contributed by atoms with E-state index in [4.69, 9.17) is 0 Å². The molecular formula is C22H30N4O. The van der Waals surface area contributed by atoms with Gasteiger partial charge in [0.2, 0.25) is 5.91 Å². The highest BCUT2D eigenvalue weighted by molar-refractivity contribution is 5.77. The topological polar surface area (TPSA) is 41.4 Å².